The first kappa shape index (κ1) is 14.1. The van der Waals surface area contributed by atoms with Gasteiger partial charge in [0.05, 0.1) is 0 Å². The van der Waals surface area contributed by atoms with Gasteiger partial charge in [0.2, 0.25) is 5.91 Å². The van der Waals surface area contributed by atoms with Crippen LogP contribution in [0.15, 0.2) is 24.3 Å². The maximum absolute atomic E-state index is 12.4. The van der Waals surface area contributed by atoms with E-state index >= 15 is 0 Å². The number of benzene rings is 1. The Hall–Kier alpha value is -1.35. The van der Waals surface area contributed by atoms with E-state index in [0.717, 1.165) is 26.1 Å². The van der Waals surface area contributed by atoms with E-state index in [1.807, 2.05) is 4.90 Å². The Morgan fingerprint density at radius 1 is 1.42 bits per heavy atom. The van der Waals surface area contributed by atoms with Crippen molar-refractivity contribution in [3.63, 3.8) is 0 Å². The van der Waals surface area contributed by atoms with Crippen molar-refractivity contribution in [3.8, 4) is 0 Å². The number of hydrogen-bond acceptors (Lipinski definition) is 2. The number of aryl methyl sites for hydroxylation is 2. The molecular formula is C16H24N2O. The molecule has 1 aromatic rings. The summed E-state index contributed by atoms with van der Waals surface area (Å²) in [5.41, 5.74) is 2.44. The first-order valence-corrected chi connectivity index (χ1v) is 7.06. The van der Waals surface area contributed by atoms with Crippen molar-refractivity contribution in [1.29, 1.82) is 0 Å². The number of amides is 1. The summed E-state index contributed by atoms with van der Waals surface area (Å²) >= 11 is 0. The average molecular weight is 260 g/mol. The maximum atomic E-state index is 12.4. The summed E-state index contributed by atoms with van der Waals surface area (Å²) in [5, 5.41) is 3.35. The fourth-order valence-electron chi connectivity index (χ4n) is 2.70. The zero-order valence-electron chi connectivity index (χ0n) is 12.2. The van der Waals surface area contributed by atoms with Crippen molar-refractivity contribution in [2.45, 2.75) is 39.2 Å². The molecule has 19 heavy (non-hydrogen) atoms. The Morgan fingerprint density at radius 2 is 2.21 bits per heavy atom. The van der Waals surface area contributed by atoms with Crippen LogP contribution >= 0.6 is 0 Å². The zero-order valence-corrected chi connectivity index (χ0v) is 12.2. The molecule has 104 valence electrons. The zero-order chi connectivity index (χ0) is 13.9. The van der Waals surface area contributed by atoms with Crippen molar-refractivity contribution in [2.75, 3.05) is 19.6 Å². The Morgan fingerprint density at radius 3 is 2.89 bits per heavy atom. The summed E-state index contributed by atoms with van der Waals surface area (Å²) in [7, 11) is 0. The number of hydrogen-bond donors (Lipinski definition) is 1. The second kappa shape index (κ2) is 5.74. The minimum Gasteiger partial charge on any atom is -0.335 e. The third-order valence-corrected chi connectivity index (χ3v) is 3.81. The fourth-order valence-corrected chi connectivity index (χ4v) is 2.70. The molecule has 1 amide bonds. The van der Waals surface area contributed by atoms with Gasteiger partial charge in [-0.1, -0.05) is 29.8 Å². The maximum Gasteiger partial charge on any atom is 0.223 e. The van der Waals surface area contributed by atoms with Crippen molar-refractivity contribution >= 4 is 5.91 Å². The van der Waals surface area contributed by atoms with Gasteiger partial charge in [-0.2, -0.15) is 0 Å². The van der Waals surface area contributed by atoms with Crippen molar-refractivity contribution in [3.05, 3.63) is 35.4 Å². The van der Waals surface area contributed by atoms with Crippen LogP contribution in [0, 0.1) is 6.92 Å². The molecule has 0 unspecified atom stereocenters. The van der Waals surface area contributed by atoms with E-state index in [0.29, 0.717) is 6.42 Å². The van der Waals surface area contributed by atoms with Gasteiger partial charge in [0, 0.05) is 31.6 Å². The van der Waals surface area contributed by atoms with Gasteiger partial charge < -0.3 is 10.2 Å². The number of rotatable bonds is 3. The summed E-state index contributed by atoms with van der Waals surface area (Å²) in [6.07, 6.45) is 1.44. The molecule has 1 aliphatic heterocycles. The van der Waals surface area contributed by atoms with Crippen LogP contribution in [0.5, 0.6) is 0 Å². The lowest BCUT2D eigenvalue weighted by Crippen LogP contribution is -2.59. The molecule has 0 aromatic heterocycles. The van der Waals surface area contributed by atoms with Crippen LogP contribution < -0.4 is 5.32 Å². The van der Waals surface area contributed by atoms with Crippen LogP contribution in [-0.4, -0.2) is 36.0 Å². The monoisotopic (exact) mass is 260 g/mol. The standard InChI is InChI=1S/C16H24N2O/c1-13-5-4-6-14(11-13)7-8-15(19)18-10-9-17-12-16(18,2)3/h4-6,11,17H,7-10,12H2,1-3H3. The van der Waals surface area contributed by atoms with Gasteiger partial charge in [0.25, 0.3) is 0 Å². The molecule has 0 spiro atoms. The molecule has 1 fully saturated rings. The normalized spacial score (nSPS) is 18.4. The van der Waals surface area contributed by atoms with Crippen LogP contribution in [0.1, 0.15) is 31.4 Å². The summed E-state index contributed by atoms with van der Waals surface area (Å²) in [6.45, 7) is 8.95. The van der Waals surface area contributed by atoms with Gasteiger partial charge in [-0.05, 0) is 32.8 Å². The molecule has 1 heterocycles. The molecule has 0 atom stereocenters. The average Bonchev–Trinajstić information content (AvgIpc) is 2.35. The van der Waals surface area contributed by atoms with E-state index in [2.05, 4.69) is 50.4 Å². The third kappa shape index (κ3) is 3.57. The molecule has 0 aliphatic carbocycles. The van der Waals surface area contributed by atoms with E-state index in [1.54, 1.807) is 0 Å². The highest BCUT2D eigenvalue weighted by Crippen LogP contribution is 2.18. The molecular weight excluding hydrogens is 236 g/mol. The molecule has 1 aliphatic rings. The molecule has 0 saturated carbocycles. The Kier molecular flexibility index (Phi) is 4.25. The van der Waals surface area contributed by atoms with Gasteiger partial charge in [0.15, 0.2) is 0 Å². The number of piperazine rings is 1. The van der Waals surface area contributed by atoms with Crippen molar-refractivity contribution in [2.24, 2.45) is 0 Å². The number of carbonyl (C=O) groups is 1. The van der Waals surface area contributed by atoms with Crippen molar-refractivity contribution in [1.82, 2.24) is 10.2 Å². The number of carbonyl (C=O) groups excluding carboxylic acids is 1. The molecule has 2 rings (SSSR count). The molecule has 3 heteroatoms. The van der Waals surface area contributed by atoms with Crippen LogP contribution in [0.25, 0.3) is 0 Å². The number of nitrogens with zero attached hydrogens (tertiary/aromatic N) is 1. The highest BCUT2D eigenvalue weighted by atomic mass is 16.2. The van der Waals surface area contributed by atoms with Crippen LogP contribution in [-0.2, 0) is 11.2 Å². The van der Waals surface area contributed by atoms with E-state index in [-0.39, 0.29) is 11.4 Å². The van der Waals surface area contributed by atoms with E-state index in [4.69, 9.17) is 0 Å². The first-order valence-electron chi connectivity index (χ1n) is 7.06. The van der Waals surface area contributed by atoms with Gasteiger partial charge in [-0.25, -0.2) is 0 Å². The van der Waals surface area contributed by atoms with Gasteiger partial charge in [-0.3, -0.25) is 4.79 Å². The lowest BCUT2D eigenvalue weighted by Gasteiger charge is -2.43. The fraction of sp³-hybridized carbons (Fsp3) is 0.562. The Balaban J connectivity index is 1.94. The summed E-state index contributed by atoms with van der Waals surface area (Å²) in [4.78, 5) is 14.4. The van der Waals surface area contributed by atoms with E-state index in [9.17, 15) is 4.79 Å². The van der Waals surface area contributed by atoms with Gasteiger partial charge in [0.1, 0.15) is 0 Å². The highest BCUT2D eigenvalue weighted by Gasteiger charge is 2.32. The van der Waals surface area contributed by atoms with E-state index < -0.39 is 0 Å². The minimum absolute atomic E-state index is 0.0675. The Bertz CT molecular complexity index is 454. The molecule has 1 aromatic carbocycles. The van der Waals surface area contributed by atoms with Crippen LogP contribution in [0.3, 0.4) is 0 Å². The minimum atomic E-state index is -0.0675. The summed E-state index contributed by atoms with van der Waals surface area (Å²) in [5.74, 6) is 0.271. The Labute approximate surface area is 116 Å². The smallest absolute Gasteiger partial charge is 0.223 e. The second-order valence-corrected chi connectivity index (χ2v) is 6.02. The molecule has 0 bridgehead atoms. The summed E-state index contributed by atoms with van der Waals surface area (Å²) < 4.78 is 0. The lowest BCUT2D eigenvalue weighted by molar-refractivity contribution is -0.137. The highest BCUT2D eigenvalue weighted by molar-refractivity contribution is 5.77. The molecule has 1 saturated heterocycles. The predicted molar refractivity (Wildman–Crippen MR) is 78.2 cm³/mol. The first-order chi connectivity index (χ1) is 8.99. The van der Waals surface area contributed by atoms with Crippen molar-refractivity contribution < 1.29 is 4.79 Å². The third-order valence-electron chi connectivity index (χ3n) is 3.81. The number of nitrogens with one attached hydrogen (secondary N) is 1. The largest absolute Gasteiger partial charge is 0.335 e. The second-order valence-electron chi connectivity index (χ2n) is 6.02. The SMILES string of the molecule is Cc1cccc(CCC(=O)N2CCNCC2(C)C)c1. The van der Waals surface area contributed by atoms with Crippen LogP contribution in [0.4, 0.5) is 0 Å². The van der Waals surface area contributed by atoms with E-state index in [1.165, 1.54) is 11.1 Å². The molecule has 0 radical (unpaired) electrons. The quantitative estimate of drug-likeness (QED) is 0.903. The predicted octanol–water partition coefficient (Wildman–Crippen LogP) is 2.14. The molecule has 3 nitrogen and oxygen atoms in total. The van der Waals surface area contributed by atoms with Crippen LogP contribution in [0.2, 0.25) is 0 Å². The lowest BCUT2D eigenvalue weighted by atomic mass is 9.98. The summed E-state index contributed by atoms with van der Waals surface area (Å²) in [6, 6.07) is 8.41. The van der Waals surface area contributed by atoms with Gasteiger partial charge in [-0.15, -0.1) is 0 Å². The molecule has 1 N–H and O–H groups in total. The van der Waals surface area contributed by atoms with Gasteiger partial charge >= 0.3 is 0 Å². The topological polar surface area (TPSA) is 32.3 Å².